The van der Waals surface area contributed by atoms with Crippen LogP contribution in [0.1, 0.15) is 82.2 Å². The molecule has 0 saturated heterocycles. The Bertz CT molecular complexity index is 2320. The maximum absolute atomic E-state index is 13.2. The Hall–Kier alpha value is -6.24. The minimum atomic E-state index is -0.804. The number of nitrogens with zero attached hydrogens (tertiary/aromatic N) is 6. The summed E-state index contributed by atoms with van der Waals surface area (Å²) in [5.74, 6) is -1.68. The van der Waals surface area contributed by atoms with E-state index in [1.807, 2.05) is 48.5 Å². The fourth-order valence-electron chi connectivity index (χ4n) is 6.78. The molecule has 3 N–H and O–H groups in total. The maximum atomic E-state index is 13.2. The normalized spacial score (nSPS) is 14.3. The molecule has 0 radical (unpaired) electrons. The third-order valence-electron chi connectivity index (χ3n) is 9.57. The van der Waals surface area contributed by atoms with Gasteiger partial charge in [0.05, 0.1) is 65.9 Å². The Morgan fingerprint density at radius 2 is 1.75 bits per heavy atom. The van der Waals surface area contributed by atoms with Gasteiger partial charge in [-0.2, -0.15) is 10.4 Å². The van der Waals surface area contributed by atoms with Crippen LogP contribution in [-0.4, -0.2) is 73.7 Å². The van der Waals surface area contributed by atoms with Gasteiger partial charge in [0.2, 0.25) is 0 Å². The third-order valence-corrected chi connectivity index (χ3v) is 9.57. The van der Waals surface area contributed by atoms with Crippen LogP contribution in [0.2, 0.25) is 0 Å². The van der Waals surface area contributed by atoms with E-state index < -0.39 is 17.9 Å². The largest absolute Gasteiger partial charge is 0.379 e. The number of nitriles is 1. The van der Waals surface area contributed by atoms with Gasteiger partial charge in [-0.3, -0.25) is 33.3 Å². The quantitative estimate of drug-likeness (QED) is 0.103. The van der Waals surface area contributed by atoms with Gasteiger partial charge in [0.15, 0.2) is 11.5 Å². The van der Waals surface area contributed by atoms with Gasteiger partial charge >= 0.3 is 5.69 Å². The molecular weight excluding hydrogens is 704 g/mol. The lowest BCUT2D eigenvalue weighted by Gasteiger charge is -2.21. The predicted molar refractivity (Wildman–Crippen MR) is 202 cm³/mol. The van der Waals surface area contributed by atoms with Gasteiger partial charge < -0.3 is 20.5 Å². The number of carbonyl (C=O) groups is 4. The van der Waals surface area contributed by atoms with Crippen LogP contribution in [-0.2, 0) is 39.0 Å². The standard InChI is InChI=1S/C40H42N8O7/c1-46-37-28(7-4-9-34(37)48(40(46)53)33-15-14-30(49)23-35(33)50)8-5-19-55-21-20-54-18-3-2-6-26-10-12-29(13-11-26)47-25-32(36(45-47)38(42)51)44-39(52)31-22-27(24-41)16-17-43-31/h4,7,9-13,16-17,22,25,33H,2-3,5-6,8,14-15,18-21,23H2,1H3,(H2,42,51)(H,44,52). The van der Waals surface area contributed by atoms with Crippen molar-refractivity contribution in [3.8, 4) is 11.8 Å². The Balaban J connectivity index is 0.888. The van der Waals surface area contributed by atoms with Crippen LogP contribution < -0.4 is 16.7 Å². The Labute approximate surface area is 316 Å². The Kier molecular flexibility index (Phi) is 12.4. The third kappa shape index (κ3) is 9.11. The number of Topliss-reactive ketones (excluding diaryl/α,β-unsaturated/α-hetero) is 2. The molecule has 15 nitrogen and oxygen atoms in total. The number of anilines is 1. The van der Waals surface area contributed by atoms with Crippen molar-refractivity contribution in [2.75, 3.05) is 31.7 Å². The molecule has 6 rings (SSSR count). The van der Waals surface area contributed by atoms with Crippen molar-refractivity contribution in [2.24, 2.45) is 12.8 Å². The number of amides is 2. The number of rotatable bonds is 17. The number of hydrogen-bond donors (Lipinski definition) is 2. The number of imidazole rings is 1. The second-order valence-corrected chi connectivity index (χ2v) is 13.4. The second kappa shape index (κ2) is 17.7. The zero-order chi connectivity index (χ0) is 38.9. The summed E-state index contributed by atoms with van der Waals surface area (Å²) in [7, 11) is 1.72. The van der Waals surface area contributed by atoms with Crippen molar-refractivity contribution >= 4 is 40.1 Å². The van der Waals surface area contributed by atoms with Crippen LogP contribution in [0.15, 0.2) is 71.8 Å². The SMILES string of the molecule is Cn1c(=O)n(C2CCC(=O)CC2=O)c2cccc(CCCOCCOCCCCc3ccc(-n4cc(NC(=O)c5cc(C#N)ccn5)c(C(N)=O)n4)cc3)c21. The Morgan fingerprint density at radius 3 is 2.47 bits per heavy atom. The summed E-state index contributed by atoms with van der Waals surface area (Å²) < 4.78 is 16.2. The molecule has 1 aliphatic rings. The van der Waals surface area contributed by atoms with Gasteiger partial charge in [-0.25, -0.2) is 9.48 Å². The number of ketones is 2. The van der Waals surface area contributed by atoms with Crippen LogP contribution in [0.25, 0.3) is 16.7 Å². The molecule has 1 saturated carbocycles. The number of hydrogen-bond acceptors (Lipinski definition) is 10. The van der Waals surface area contributed by atoms with Crippen LogP contribution in [0.4, 0.5) is 5.69 Å². The molecule has 0 aliphatic heterocycles. The molecule has 2 aromatic carbocycles. The van der Waals surface area contributed by atoms with E-state index in [-0.39, 0.29) is 46.3 Å². The number of ether oxygens (including phenoxy) is 2. The first-order valence-corrected chi connectivity index (χ1v) is 18.2. The highest BCUT2D eigenvalue weighted by atomic mass is 16.5. The topological polar surface area (TPSA) is 206 Å². The van der Waals surface area contributed by atoms with Gasteiger partial charge in [-0.05, 0) is 80.0 Å². The van der Waals surface area contributed by atoms with Gasteiger partial charge in [-0.1, -0.05) is 24.3 Å². The molecule has 3 heterocycles. The van der Waals surface area contributed by atoms with Crippen molar-refractivity contribution in [3.63, 3.8) is 0 Å². The molecule has 1 fully saturated rings. The molecule has 3 aromatic heterocycles. The average Bonchev–Trinajstić information content (AvgIpc) is 3.72. The molecule has 15 heteroatoms. The summed E-state index contributed by atoms with van der Waals surface area (Å²) in [6.07, 6.45) is 7.52. The lowest BCUT2D eigenvalue weighted by atomic mass is 9.92. The van der Waals surface area contributed by atoms with Gasteiger partial charge in [0.1, 0.15) is 11.5 Å². The van der Waals surface area contributed by atoms with E-state index in [0.717, 1.165) is 47.8 Å². The minimum absolute atomic E-state index is 0.0170. The first-order chi connectivity index (χ1) is 26.6. The summed E-state index contributed by atoms with van der Waals surface area (Å²) >= 11 is 0. The van der Waals surface area contributed by atoms with Crippen LogP contribution in [0.5, 0.6) is 0 Å². The van der Waals surface area contributed by atoms with E-state index in [4.69, 9.17) is 20.5 Å². The number of aryl methyl sites for hydroxylation is 3. The van der Waals surface area contributed by atoms with E-state index in [1.165, 1.54) is 29.2 Å². The van der Waals surface area contributed by atoms with Crippen LogP contribution in [0, 0.1) is 11.3 Å². The van der Waals surface area contributed by atoms with E-state index in [1.54, 1.807) is 16.2 Å². The highest BCUT2D eigenvalue weighted by molar-refractivity contribution is 6.07. The molecule has 1 atom stereocenters. The number of nitrogens with one attached hydrogen (secondary N) is 1. The van der Waals surface area contributed by atoms with Gasteiger partial charge in [0, 0.05) is 32.9 Å². The van der Waals surface area contributed by atoms with Crippen LogP contribution >= 0.6 is 0 Å². The minimum Gasteiger partial charge on any atom is -0.379 e. The van der Waals surface area contributed by atoms with E-state index in [0.29, 0.717) is 51.4 Å². The summed E-state index contributed by atoms with van der Waals surface area (Å²) in [4.78, 5) is 66.3. The molecular formula is C40H42N8O7. The van der Waals surface area contributed by atoms with Gasteiger partial charge in [-0.15, -0.1) is 0 Å². The monoisotopic (exact) mass is 746 g/mol. The summed E-state index contributed by atoms with van der Waals surface area (Å²) in [6, 6.07) is 17.6. The van der Waals surface area contributed by atoms with Crippen LogP contribution in [0.3, 0.4) is 0 Å². The average molecular weight is 747 g/mol. The lowest BCUT2D eigenvalue weighted by molar-refractivity contribution is -0.132. The molecule has 1 aliphatic carbocycles. The number of fused-ring (bicyclic) bond motifs is 1. The fraction of sp³-hybridized carbons (Fsp3) is 0.350. The molecule has 0 bridgehead atoms. The summed E-state index contributed by atoms with van der Waals surface area (Å²) in [5.41, 5.74) is 9.93. The molecule has 5 aromatic rings. The summed E-state index contributed by atoms with van der Waals surface area (Å²) in [6.45, 7) is 2.12. The number of carbonyl (C=O) groups excluding carboxylic acids is 4. The highest BCUT2D eigenvalue weighted by Crippen LogP contribution is 2.28. The van der Waals surface area contributed by atoms with E-state index in [9.17, 15) is 24.0 Å². The lowest BCUT2D eigenvalue weighted by Crippen LogP contribution is -2.34. The number of nitrogens with two attached hydrogens (primary N) is 1. The van der Waals surface area contributed by atoms with E-state index in [2.05, 4.69) is 15.4 Å². The Morgan fingerprint density at radius 1 is 0.982 bits per heavy atom. The molecule has 284 valence electrons. The number of para-hydroxylation sites is 1. The zero-order valence-corrected chi connectivity index (χ0v) is 30.5. The van der Waals surface area contributed by atoms with Crippen molar-refractivity contribution in [3.05, 3.63) is 106 Å². The number of benzene rings is 2. The molecule has 1 unspecified atom stereocenters. The van der Waals surface area contributed by atoms with Crippen molar-refractivity contribution < 1.29 is 28.7 Å². The van der Waals surface area contributed by atoms with Crippen molar-refractivity contribution in [1.82, 2.24) is 23.9 Å². The van der Waals surface area contributed by atoms with Crippen molar-refractivity contribution in [1.29, 1.82) is 5.26 Å². The first-order valence-electron chi connectivity index (χ1n) is 18.2. The zero-order valence-electron chi connectivity index (χ0n) is 30.5. The van der Waals surface area contributed by atoms with Crippen molar-refractivity contribution in [2.45, 2.75) is 57.4 Å². The maximum Gasteiger partial charge on any atom is 0.329 e. The number of primary amides is 1. The first kappa shape index (κ1) is 38.5. The fourth-order valence-corrected chi connectivity index (χ4v) is 6.78. The predicted octanol–water partition coefficient (Wildman–Crippen LogP) is 4.00. The second-order valence-electron chi connectivity index (χ2n) is 13.4. The number of unbranched alkanes of at least 4 members (excludes halogenated alkanes) is 1. The van der Waals surface area contributed by atoms with E-state index >= 15 is 0 Å². The molecule has 2 amide bonds. The number of aromatic nitrogens is 5. The summed E-state index contributed by atoms with van der Waals surface area (Å²) in [5, 5.41) is 16.0. The van der Waals surface area contributed by atoms with Gasteiger partial charge in [0.25, 0.3) is 11.8 Å². The molecule has 55 heavy (non-hydrogen) atoms. The number of pyridine rings is 1. The molecule has 0 spiro atoms. The smallest absolute Gasteiger partial charge is 0.329 e. The highest BCUT2D eigenvalue weighted by Gasteiger charge is 2.31.